The number of piperidine rings is 1. The summed E-state index contributed by atoms with van der Waals surface area (Å²) in [5, 5.41) is 9.33. The molecule has 2 heterocycles. The third-order valence-corrected chi connectivity index (χ3v) is 4.93. The van der Waals surface area contributed by atoms with E-state index >= 15 is 0 Å². The normalized spacial score (nSPS) is 25.6. The van der Waals surface area contributed by atoms with Crippen molar-refractivity contribution in [2.45, 2.75) is 58.0 Å². The van der Waals surface area contributed by atoms with Gasteiger partial charge in [0.2, 0.25) is 11.8 Å². The summed E-state index contributed by atoms with van der Waals surface area (Å²) in [7, 11) is 0. The lowest BCUT2D eigenvalue weighted by Gasteiger charge is -2.32. The molecular weight excluding hydrogens is 328 g/mol. The number of amides is 2. The number of nitrogens with zero attached hydrogens (tertiary/aromatic N) is 1. The van der Waals surface area contributed by atoms with Gasteiger partial charge in [0.25, 0.3) is 0 Å². The second kappa shape index (κ2) is 10.9. The SMILES string of the molecule is CCC(C)NC(=O)CN1CCCC(CNC(=O)C2CCCN2)C1.Cl. The highest BCUT2D eigenvalue weighted by Crippen LogP contribution is 2.15. The van der Waals surface area contributed by atoms with E-state index in [-0.39, 0.29) is 36.3 Å². The van der Waals surface area contributed by atoms with Gasteiger partial charge < -0.3 is 16.0 Å². The van der Waals surface area contributed by atoms with Crippen LogP contribution in [0.3, 0.4) is 0 Å². The van der Waals surface area contributed by atoms with Crippen molar-refractivity contribution in [1.82, 2.24) is 20.9 Å². The summed E-state index contributed by atoms with van der Waals surface area (Å²) < 4.78 is 0. The van der Waals surface area contributed by atoms with Gasteiger partial charge in [0.15, 0.2) is 0 Å². The fourth-order valence-electron chi connectivity index (χ4n) is 3.36. The highest BCUT2D eigenvalue weighted by molar-refractivity contribution is 5.85. The van der Waals surface area contributed by atoms with Crippen molar-refractivity contribution in [2.75, 3.05) is 32.7 Å². The van der Waals surface area contributed by atoms with Gasteiger partial charge in [-0.05, 0) is 58.0 Å². The van der Waals surface area contributed by atoms with Crippen LogP contribution in [0.4, 0.5) is 0 Å². The molecule has 6 nitrogen and oxygen atoms in total. The van der Waals surface area contributed by atoms with Crippen molar-refractivity contribution in [3.05, 3.63) is 0 Å². The summed E-state index contributed by atoms with van der Waals surface area (Å²) in [5.74, 6) is 0.693. The maximum absolute atomic E-state index is 12.1. The molecule has 0 spiro atoms. The highest BCUT2D eigenvalue weighted by Gasteiger charge is 2.25. The zero-order chi connectivity index (χ0) is 16.7. The highest BCUT2D eigenvalue weighted by atomic mass is 35.5. The Kier molecular flexibility index (Phi) is 9.63. The van der Waals surface area contributed by atoms with Gasteiger partial charge in [0, 0.05) is 19.1 Å². The van der Waals surface area contributed by atoms with Gasteiger partial charge in [-0.2, -0.15) is 0 Å². The average molecular weight is 361 g/mol. The van der Waals surface area contributed by atoms with Gasteiger partial charge in [-0.1, -0.05) is 6.92 Å². The van der Waals surface area contributed by atoms with Gasteiger partial charge in [-0.25, -0.2) is 0 Å². The maximum Gasteiger partial charge on any atom is 0.237 e. The van der Waals surface area contributed by atoms with E-state index in [1.807, 2.05) is 6.92 Å². The van der Waals surface area contributed by atoms with E-state index < -0.39 is 0 Å². The molecule has 2 rings (SSSR count). The van der Waals surface area contributed by atoms with Crippen LogP contribution in [0.5, 0.6) is 0 Å². The molecule has 0 radical (unpaired) electrons. The largest absolute Gasteiger partial charge is 0.354 e. The molecule has 140 valence electrons. The van der Waals surface area contributed by atoms with Crippen LogP contribution in [0, 0.1) is 5.92 Å². The van der Waals surface area contributed by atoms with Gasteiger partial charge in [0.1, 0.15) is 0 Å². The van der Waals surface area contributed by atoms with Crippen LogP contribution in [0.2, 0.25) is 0 Å². The fourth-order valence-corrected chi connectivity index (χ4v) is 3.36. The van der Waals surface area contributed by atoms with Gasteiger partial charge in [0.05, 0.1) is 12.6 Å². The van der Waals surface area contributed by atoms with Crippen LogP contribution < -0.4 is 16.0 Å². The van der Waals surface area contributed by atoms with E-state index in [1.54, 1.807) is 0 Å². The van der Waals surface area contributed by atoms with E-state index in [4.69, 9.17) is 0 Å². The summed E-state index contributed by atoms with van der Waals surface area (Å²) >= 11 is 0. The molecule has 0 aliphatic carbocycles. The van der Waals surface area contributed by atoms with Gasteiger partial charge in [-0.15, -0.1) is 12.4 Å². The molecule has 24 heavy (non-hydrogen) atoms. The molecule has 0 saturated carbocycles. The fraction of sp³-hybridized carbons (Fsp3) is 0.882. The molecule has 0 aromatic carbocycles. The standard InChI is InChI=1S/C17H32N4O2.ClH/c1-3-13(2)20-16(22)12-21-9-5-6-14(11-21)10-19-17(23)15-7-4-8-18-15;/h13-15,18H,3-12H2,1-2H3,(H,19,23)(H,20,22);1H. The van der Waals surface area contributed by atoms with E-state index in [2.05, 4.69) is 27.8 Å². The summed E-state index contributed by atoms with van der Waals surface area (Å²) in [6, 6.07) is 0.234. The predicted molar refractivity (Wildman–Crippen MR) is 98.3 cm³/mol. The van der Waals surface area contributed by atoms with Crippen molar-refractivity contribution in [3.8, 4) is 0 Å². The molecule has 3 atom stereocenters. The predicted octanol–water partition coefficient (Wildman–Crippen LogP) is 0.903. The first kappa shape index (κ1) is 21.2. The number of carbonyl (C=O) groups excluding carboxylic acids is 2. The summed E-state index contributed by atoms with van der Waals surface area (Å²) in [4.78, 5) is 26.3. The molecule has 0 bridgehead atoms. The second-order valence-corrected chi connectivity index (χ2v) is 7.01. The first-order valence-corrected chi connectivity index (χ1v) is 9.11. The minimum absolute atomic E-state index is 0. The minimum atomic E-state index is -0.00370. The molecule has 7 heteroatoms. The summed E-state index contributed by atoms with van der Waals surface area (Å²) in [6.45, 7) is 8.11. The summed E-state index contributed by atoms with van der Waals surface area (Å²) in [5.41, 5.74) is 0. The molecule has 0 aromatic rings. The quantitative estimate of drug-likeness (QED) is 0.630. The Labute approximate surface area is 151 Å². The number of nitrogens with one attached hydrogen (secondary N) is 3. The molecular formula is C17H33ClN4O2. The third-order valence-electron chi connectivity index (χ3n) is 4.93. The topological polar surface area (TPSA) is 73.5 Å². The lowest BCUT2D eigenvalue weighted by molar-refractivity contribution is -0.124. The Hall–Kier alpha value is -0.850. The Morgan fingerprint density at radius 2 is 2.08 bits per heavy atom. The Morgan fingerprint density at radius 3 is 2.75 bits per heavy atom. The zero-order valence-electron chi connectivity index (χ0n) is 15.0. The number of rotatable bonds is 7. The maximum atomic E-state index is 12.1. The molecule has 2 amide bonds. The van der Waals surface area contributed by atoms with Crippen molar-refractivity contribution >= 4 is 24.2 Å². The summed E-state index contributed by atoms with van der Waals surface area (Å²) in [6.07, 6.45) is 5.20. The molecule has 2 fully saturated rings. The molecule has 0 aromatic heterocycles. The van der Waals surface area contributed by atoms with E-state index in [0.29, 0.717) is 12.5 Å². The van der Waals surface area contributed by atoms with Crippen LogP contribution in [0.15, 0.2) is 0 Å². The molecule has 2 aliphatic heterocycles. The first-order valence-electron chi connectivity index (χ1n) is 9.11. The minimum Gasteiger partial charge on any atom is -0.354 e. The Morgan fingerprint density at radius 1 is 1.29 bits per heavy atom. The number of hydrogen-bond acceptors (Lipinski definition) is 4. The monoisotopic (exact) mass is 360 g/mol. The Bertz CT molecular complexity index is 402. The van der Waals surface area contributed by atoms with Gasteiger partial charge >= 0.3 is 0 Å². The smallest absolute Gasteiger partial charge is 0.237 e. The zero-order valence-corrected chi connectivity index (χ0v) is 15.8. The molecule has 3 unspecified atom stereocenters. The van der Waals surface area contributed by atoms with Crippen LogP contribution in [-0.4, -0.2) is 61.5 Å². The average Bonchev–Trinajstić information content (AvgIpc) is 3.07. The number of likely N-dealkylation sites (tertiary alicyclic amines) is 1. The first-order chi connectivity index (χ1) is 11.1. The van der Waals surface area contributed by atoms with Crippen molar-refractivity contribution in [3.63, 3.8) is 0 Å². The van der Waals surface area contributed by atoms with Crippen molar-refractivity contribution < 1.29 is 9.59 Å². The van der Waals surface area contributed by atoms with Crippen LogP contribution in [0.1, 0.15) is 46.0 Å². The van der Waals surface area contributed by atoms with Crippen LogP contribution >= 0.6 is 12.4 Å². The Balaban J connectivity index is 0.00000288. The van der Waals surface area contributed by atoms with Crippen LogP contribution in [0.25, 0.3) is 0 Å². The molecule has 2 saturated heterocycles. The lowest BCUT2D eigenvalue weighted by atomic mass is 9.97. The van der Waals surface area contributed by atoms with Crippen molar-refractivity contribution in [2.24, 2.45) is 5.92 Å². The van der Waals surface area contributed by atoms with E-state index in [0.717, 1.165) is 58.3 Å². The van der Waals surface area contributed by atoms with Gasteiger partial charge in [-0.3, -0.25) is 14.5 Å². The number of hydrogen-bond donors (Lipinski definition) is 3. The van der Waals surface area contributed by atoms with Crippen molar-refractivity contribution in [1.29, 1.82) is 0 Å². The molecule has 3 N–H and O–H groups in total. The lowest BCUT2D eigenvalue weighted by Crippen LogP contribution is -2.48. The number of halogens is 1. The molecule has 2 aliphatic rings. The van der Waals surface area contributed by atoms with E-state index in [1.165, 1.54) is 0 Å². The van der Waals surface area contributed by atoms with E-state index in [9.17, 15) is 9.59 Å². The van der Waals surface area contributed by atoms with Crippen LogP contribution in [-0.2, 0) is 9.59 Å². The second-order valence-electron chi connectivity index (χ2n) is 7.01. The third kappa shape index (κ3) is 6.95. The number of carbonyl (C=O) groups is 2.